The van der Waals surface area contributed by atoms with E-state index in [-0.39, 0.29) is 33.9 Å². The molecule has 7 aromatic carbocycles. The average Bonchev–Trinajstić information content (AvgIpc) is 3.94. The van der Waals surface area contributed by atoms with Crippen molar-refractivity contribution in [1.29, 1.82) is 0 Å². The molecule has 0 saturated carbocycles. The summed E-state index contributed by atoms with van der Waals surface area (Å²) in [6.45, 7) is 30.4. The fraction of sp³-hybridized carbons (Fsp3) is 0.323. The van der Waals surface area contributed by atoms with E-state index >= 15 is 0 Å². The van der Waals surface area contributed by atoms with Crippen LogP contribution in [0.2, 0.25) is 0 Å². The topological polar surface area (TPSA) is 34.5 Å². The molecule has 5 heterocycles. The number of fused-ring (bicyclic) bond motifs is 17. The molecule has 0 amide bonds. The number of benzene rings is 7. The molecule has 0 atom stereocenters. The first-order chi connectivity index (χ1) is 31.6. The van der Waals surface area contributed by atoms with Crippen molar-refractivity contribution in [1.82, 2.24) is 4.57 Å². The lowest BCUT2D eigenvalue weighted by molar-refractivity contribution is 0.332. The van der Waals surface area contributed by atoms with Crippen molar-refractivity contribution >= 4 is 94.8 Å². The maximum absolute atomic E-state index is 7.36. The zero-order valence-electron chi connectivity index (χ0n) is 41.6. The van der Waals surface area contributed by atoms with E-state index in [0.29, 0.717) is 0 Å². The quantitative estimate of drug-likeness (QED) is 0.154. The predicted octanol–water partition coefficient (Wildman–Crippen LogP) is 16.1. The third-order valence-corrected chi connectivity index (χ3v) is 16.5. The van der Waals surface area contributed by atoms with Crippen LogP contribution in [0.15, 0.2) is 118 Å². The maximum Gasteiger partial charge on any atom is 0.333 e. The summed E-state index contributed by atoms with van der Waals surface area (Å²) in [5.74, 6) is 0. The van der Waals surface area contributed by atoms with E-state index in [1.165, 1.54) is 88.1 Å². The van der Waals surface area contributed by atoms with Gasteiger partial charge in [-0.15, -0.1) is 0 Å². The summed E-state index contributed by atoms with van der Waals surface area (Å²) in [4.78, 5) is 2.65. The van der Waals surface area contributed by atoms with Gasteiger partial charge in [-0.25, -0.2) is 0 Å². The zero-order valence-corrected chi connectivity index (χ0v) is 41.6. The van der Waals surface area contributed by atoms with E-state index in [4.69, 9.17) is 8.83 Å². The van der Waals surface area contributed by atoms with Crippen LogP contribution in [0.25, 0.3) is 82.5 Å². The van der Waals surface area contributed by atoms with E-state index in [1.807, 2.05) is 0 Å². The molecule has 0 radical (unpaired) electrons. The van der Waals surface area contributed by atoms with Crippen molar-refractivity contribution in [3.8, 4) is 16.8 Å². The lowest BCUT2D eigenvalue weighted by Crippen LogP contribution is -2.60. The van der Waals surface area contributed by atoms with Gasteiger partial charge >= 0.3 is 6.85 Å². The van der Waals surface area contributed by atoms with E-state index in [1.54, 1.807) is 0 Å². The lowest BCUT2D eigenvalue weighted by atomic mass is 9.43. The number of nitrogens with zero attached hydrogens (tertiary/aromatic N) is 2. The van der Waals surface area contributed by atoms with Crippen molar-refractivity contribution in [2.24, 2.45) is 0 Å². The van der Waals surface area contributed by atoms with Gasteiger partial charge in [-0.05, 0) is 133 Å². The van der Waals surface area contributed by atoms with Gasteiger partial charge in [0.25, 0.3) is 0 Å². The SMILES string of the molecule is CC(C)(C)c1ccc(N2B3c4cc(C(C)(C)C)ccc4-n4c5ccc(C(C)(C)C)cc5c5c6c(oc7ccccc76)c(c3c54)-c3cc4c(cc32)oc2cc3c(cc24)C(C)(C)CCC3(C)C)cc1. The summed E-state index contributed by atoms with van der Waals surface area (Å²) in [5, 5.41) is 7.22. The minimum atomic E-state index is -0.171. The second kappa shape index (κ2) is 12.9. The van der Waals surface area contributed by atoms with Crippen molar-refractivity contribution < 1.29 is 8.83 Å². The van der Waals surface area contributed by atoms with Crippen molar-refractivity contribution in [3.63, 3.8) is 0 Å². The van der Waals surface area contributed by atoms with Gasteiger partial charge in [0, 0.05) is 66.6 Å². The monoisotopic (exact) mass is 876 g/mol. The minimum absolute atomic E-state index is 0.0125. The second-order valence-electron chi connectivity index (χ2n) is 24.9. The highest BCUT2D eigenvalue weighted by molar-refractivity contribution is 6.94. The number of hydrogen-bond acceptors (Lipinski definition) is 3. The Labute approximate surface area is 395 Å². The molecule has 10 aromatic rings. The molecule has 0 spiro atoms. The van der Waals surface area contributed by atoms with Gasteiger partial charge in [0.15, 0.2) is 0 Å². The Morgan fingerprint density at radius 1 is 0.522 bits per heavy atom. The van der Waals surface area contributed by atoms with Crippen molar-refractivity contribution in [3.05, 3.63) is 137 Å². The maximum atomic E-state index is 7.36. The Hall–Kier alpha value is -6.20. The number of rotatable bonds is 1. The Morgan fingerprint density at radius 2 is 1.13 bits per heavy atom. The molecule has 3 aliphatic rings. The van der Waals surface area contributed by atoms with Crippen molar-refractivity contribution in [2.45, 2.75) is 130 Å². The highest BCUT2D eigenvalue weighted by atomic mass is 16.3. The summed E-state index contributed by atoms with van der Waals surface area (Å²) >= 11 is 0. The predicted molar refractivity (Wildman–Crippen MR) is 286 cm³/mol. The molecule has 1 aliphatic carbocycles. The van der Waals surface area contributed by atoms with Gasteiger partial charge < -0.3 is 18.2 Å². The van der Waals surface area contributed by atoms with Gasteiger partial charge in [-0.2, -0.15) is 0 Å². The highest BCUT2D eigenvalue weighted by Gasteiger charge is 2.47. The Kier molecular flexibility index (Phi) is 7.88. The average molecular weight is 877 g/mol. The molecule has 0 fully saturated rings. The summed E-state index contributed by atoms with van der Waals surface area (Å²) < 4.78 is 17.1. The summed E-state index contributed by atoms with van der Waals surface area (Å²) in [6, 6.07) is 42.3. The zero-order chi connectivity index (χ0) is 46.6. The molecule has 13 rings (SSSR count). The molecule has 334 valence electrons. The van der Waals surface area contributed by atoms with E-state index in [9.17, 15) is 0 Å². The molecule has 0 N–H and O–H groups in total. The largest absolute Gasteiger partial charge is 0.456 e. The van der Waals surface area contributed by atoms with Gasteiger partial charge in [0.05, 0.1) is 11.0 Å². The summed E-state index contributed by atoms with van der Waals surface area (Å²) in [5.41, 5.74) is 21.6. The summed E-state index contributed by atoms with van der Waals surface area (Å²) in [6.07, 6.45) is 2.31. The third-order valence-electron chi connectivity index (χ3n) is 16.5. The first-order valence-electron chi connectivity index (χ1n) is 24.7. The third kappa shape index (κ3) is 5.55. The Balaban J connectivity index is 1.25. The molecule has 4 nitrogen and oxygen atoms in total. The molecule has 0 bridgehead atoms. The number of hydrogen-bond donors (Lipinski definition) is 0. The fourth-order valence-electron chi connectivity index (χ4n) is 12.4. The molecule has 0 unspecified atom stereocenters. The number of furan rings is 2. The van der Waals surface area contributed by atoms with Crippen LogP contribution in [0.1, 0.15) is 131 Å². The number of para-hydroxylation sites is 1. The first-order valence-corrected chi connectivity index (χ1v) is 24.7. The molecular weight excluding hydrogens is 816 g/mol. The smallest absolute Gasteiger partial charge is 0.333 e. The van der Waals surface area contributed by atoms with Gasteiger partial charge in [-0.3, -0.25) is 0 Å². The van der Waals surface area contributed by atoms with Crippen LogP contribution in [0, 0.1) is 0 Å². The van der Waals surface area contributed by atoms with Crippen LogP contribution in [0.3, 0.4) is 0 Å². The minimum Gasteiger partial charge on any atom is -0.456 e. The standard InChI is InChI=1S/C62H61BN2O2/c1-58(2,3)34-18-22-37(23-19-34)65-48-33-51-39(40-31-43-44(32-50(40)66-51)62(12,13)27-26-61(43,10)11)30-42(48)54-55-56-52(53-38-16-14-15-17-49(38)67-57(53)54)41-28-35(59(4,5)6)20-24-46(41)64(56)47-25-21-36(60(7,8)9)29-45(47)63(55)65/h14-25,28-33H,26-27H2,1-13H3. The van der Waals surface area contributed by atoms with Crippen molar-refractivity contribution in [2.75, 3.05) is 4.81 Å². The van der Waals surface area contributed by atoms with Gasteiger partial charge in [0.2, 0.25) is 0 Å². The van der Waals surface area contributed by atoms with Gasteiger partial charge in [0.1, 0.15) is 22.3 Å². The second-order valence-corrected chi connectivity index (χ2v) is 24.9. The van der Waals surface area contributed by atoms with E-state index in [0.717, 1.165) is 57.3 Å². The molecule has 5 heteroatoms. The van der Waals surface area contributed by atoms with Crippen LogP contribution in [0.4, 0.5) is 11.4 Å². The van der Waals surface area contributed by atoms with Crippen LogP contribution in [-0.4, -0.2) is 11.4 Å². The Morgan fingerprint density at radius 3 is 1.84 bits per heavy atom. The molecular formula is C62H61BN2O2. The van der Waals surface area contributed by atoms with E-state index in [2.05, 4.69) is 209 Å². The van der Waals surface area contributed by atoms with Crippen LogP contribution >= 0.6 is 0 Å². The summed E-state index contributed by atoms with van der Waals surface area (Å²) in [7, 11) is 0. The fourth-order valence-corrected chi connectivity index (χ4v) is 12.4. The lowest BCUT2D eigenvalue weighted by Gasteiger charge is -2.42. The number of aromatic nitrogens is 1. The Bertz CT molecular complexity index is 3810. The first kappa shape index (κ1) is 41.0. The van der Waals surface area contributed by atoms with Crippen LogP contribution in [-0.2, 0) is 27.1 Å². The molecule has 67 heavy (non-hydrogen) atoms. The van der Waals surface area contributed by atoms with Gasteiger partial charge in [-0.1, -0.05) is 139 Å². The van der Waals surface area contributed by atoms with Crippen LogP contribution in [0.5, 0.6) is 0 Å². The molecule has 0 saturated heterocycles. The van der Waals surface area contributed by atoms with E-state index < -0.39 is 0 Å². The normalized spacial score (nSPS) is 16.5. The highest BCUT2D eigenvalue weighted by Crippen LogP contribution is 2.54. The molecule has 3 aromatic heterocycles. The molecule has 2 aliphatic heterocycles. The number of anilines is 2. The van der Waals surface area contributed by atoms with Crippen LogP contribution < -0.4 is 15.7 Å².